The van der Waals surface area contributed by atoms with E-state index in [1.165, 1.54) is 4.90 Å². The van der Waals surface area contributed by atoms with Crippen molar-refractivity contribution in [3.63, 3.8) is 0 Å². The molecule has 1 amide bonds. The van der Waals surface area contributed by atoms with Crippen LogP contribution in [0, 0.1) is 11.5 Å². The number of carbonyl (C=O) groups excluding carboxylic acids is 1. The minimum Gasteiger partial charge on any atom is -0.308 e. The number of aromatic nitrogens is 1. The zero-order chi connectivity index (χ0) is 17.0. The smallest absolute Gasteiger partial charge is 0.265 e. The Balaban J connectivity index is 1.76. The normalized spacial score (nSPS) is 20.2. The van der Waals surface area contributed by atoms with Gasteiger partial charge in [0.05, 0.1) is 6.54 Å². The fourth-order valence-electron chi connectivity index (χ4n) is 2.82. The Hall–Kier alpha value is -2.94. The number of carbonyl (C=O) groups is 1. The number of alkyl halides is 1. The van der Waals surface area contributed by atoms with E-state index in [-0.39, 0.29) is 13.0 Å². The maximum atomic E-state index is 14.9. The van der Waals surface area contributed by atoms with Gasteiger partial charge in [0.15, 0.2) is 6.19 Å². The third-order valence-electron chi connectivity index (χ3n) is 4.10. The van der Waals surface area contributed by atoms with E-state index in [1.807, 2.05) is 42.6 Å². The van der Waals surface area contributed by atoms with Crippen molar-refractivity contribution in [1.29, 1.82) is 5.26 Å². The summed E-state index contributed by atoms with van der Waals surface area (Å²) in [4.78, 5) is 17.7. The SMILES string of the molecule is N#CN1CCCC(F)(C(=O)Nc2cc(-c3ccccc3)ccn2)C1. The summed E-state index contributed by atoms with van der Waals surface area (Å²) in [5.41, 5.74) is -0.201. The molecule has 1 unspecified atom stereocenters. The Morgan fingerprint density at radius 3 is 2.83 bits per heavy atom. The highest BCUT2D eigenvalue weighted by molar-refractivity contribution is 5.97. The number of amides is 1. The minimum atomic E-state index is -2.07. The molecule has 1 fully saturated rings. The summed E-state index contributed by atoms with van der Waals surface area (Å²) >= 11 is 0. The largest absolute Gasteiger partial charge is 0.308 e. The second-order valence-corrected chi connectivity index (χ2v) is 5.84. The number of benzene rings is 1. The number of nitrogens with one attached hydrogen (secondary N) is 1. The van der Waals surface area contributed by atoms with E-state index in [2.05, 4.69) is 10.3 Å². The topological polar surface area (TPSA) is 69.0 Å². The van der Waals surface area contributed by atoms with Crippen molar-refractivity contribution in [3.05, 3.63) is 48.7 Å². The second-order valence-electron chi connectivity index (χ2n) is 5.84. The maximum Gasteiger partial charge on any atom is 0.265 e. The summed E-state index contributed by atoms with van der Waals surface area (Å²) < 4.78 is 14.9. The van der Waals surface area contributed by atoms with Crippen LogP contribution in [-0.4, -0.2) is 34.5 Å². The minimum absolute atomic E-state index is 0.107. The molecule has 5 nitrogen and oxygen atoms in total. The highest BCUT2D eigenvalue weighted by atomic mass is 19.1. The van der Waals surface area contributed by atoms with Crippen molar-refractivity contribution in [2.24, 2.45) is 0 Å². The number of nitriles is 1. The Bertz CT molecular complexity index is 774. The first-order chi connectivity index (χ1) is 11.6. The molecule has 1 aromatic carbocycles. The Labute approximate surface area is 139 Å². The highest BCUT2D eigenvalue weighted by Gasteiger charge is 2.42. The van der Waals surface area contributed by atoms with Gasteiger partial charge in [-0.05, 0) is 36.1 Å². The van der Waals surface area contributed by atoms with Crippen molar-refractivity contribution in [2.75, 3.05) is 18.4 Å². The van der Waals surface area contributed by atoms with Gasteiger partial charge in [0.2, 0.25) is 5.67 Å². The lowest BCUT2D eigenvalue weighted by Crippen LogP contribution is -2.51. The van der Waals surface area contributed by atoms with Crippen molar-refractivity contribution in [1.82, 2.24) is 9.88 Å². The fraction of sp³-hybridized carbons (Fsp3) is 0.278. The monoisotopic (exact) mass is 324 g/mol. The quantitative estimate of drug-likeness (QED) is 0.881. The predicted octanol–water partition coefficient (Wildman–Crippen LogP) is 2.97. The van der Waals surface area contributed by atoms with Gasteiger partial charge in [0.1, 0.15) is 5.82 Å². The van der Waals surface area contributed by atoms with E-state index >= 15 is 0 Å². The molecule has 0 saturated carbocycles. The Morgan fingerprint density at radius 1 is 1.29 bits per heavy atom. The maximum absolute atomic E-state index is 14.9. The number of anilines is 1. The number of piperidine rings is 1. The van der Waals surface area contributed by atoms with Gasteiger partial charge >= 0.3 is 0 Å². The van der Waals surface area contributed by atoms with E-state index < -0.39 is 11.6 Å². The average Bonchev–Trinajstić information content (AvgIpc) is 2.62. The number of pyridine rings is 1. The van der Waals surface area contributed by atoms with E-state index in [0.717, 1.165) is 11.1 Å². The van der Waals surface area contributed by atoms with Crippen molar-refractivity contribution >= 4 is 11.7 Å². The van der Waals surface area contributed by atoms with Crippen LogP contribution in [-0.2, 0) is 4.79 Å². The van der Waals surface area contributed by atoms with Crippen LogP contribution < -0.4 is 5.32 Å². The van der Waals surface area contributed by atoms with Crippen LogP contribution in [0.3, 0.4) is 0 Å². The molecule has 1 N–H and O–H groups in total. The van der Waals surface area contributed by atoms with Crippen LogP contribution in [0.1, 0.15) is 12.8 Å². The van der Waals surface area contributed by atoms with Gasteiger partial charge in [-0.3, -0.25) is 4.79 Å². The van der Waals surface area contributed by atoms with Gasteiger partial charge in [0, 0.05) is 12.7 Å². The molecule has 2 heterocycles. The number of hydrogen-bond acceptors (Lipinski definition) is 4. The average molecular weight is 324 g/mol. The van der Waals surface area contributed by atoms with Crippen LogP contribution >= 0.6 is 0 Å². The number of halogens is 1. The third-order valence-corrected chi connectivity index (χ3v) is 4.10. The summed E-state index contributed by atoms with van der Waals surface area (Å²) in [5, 5.41) is 11.5. The highest BCUT2D eigenvalue weighted by Crippen LogP contribution is 2.27. The van der Waals surface area contributed by atoms with Crippen LogP contribution in [0.25, 0.3) is 11.1 Å². The van der Waals surface area contributed by atoms with Crippen molar-refractivity contribution in [3.8, 4) is 17.3 Å². The van der Waals surface area contributed by atoms with E-state index in [9.17, 15) is 9.18 Å². The molecule has 122 valence electrons. The Kier molecular flexibility index (Phi) is 4.43. The molecule has 0 spiro atoms. The molecule has 1 atom stereocenters. The summed E-state index contributed by atoms with van der Waals surface area (Å²) in [6.07, 6.45) is 4.05. The lowest BCUT2D eigenvalue weighted by atomic mass is 9.94. The molecule has 1 saturated heterocycles. The summed E-state index contributed by atoms with van der Waals surface area (Å²) in [5.74, 6) is -0.451. The molecular weight excluding hydrogens is 307 g/mol. The molecule has 24 heavy (non-hydrogen) atoms. The van der Waals surface area contributed by atoms with Crippen LogP contribution in [0.2, 0.25) is 0 Å². The Morgan fingerprint density at radius 2 is 2.08 bits per heavy atom. The van der Waals surface area contributed by atoms with Gasteiger partial charge in [-0.25, -0.2) is 9.37 Å². The lowest BCUT2D eigenvalue weighted by molar-refractivity contribution is -0.130. The molecule has 1 aliphatic rings. The van der Waals surface area contributed by atoms with Crippen molar-refractivity contribution in [2.45, 2.75) is 18.5 Å². The molecule has 0 radical (unpaired) electrons. The third kappa shape index (κ3) is 3.35. The van der Waals surface area contributed by atoms with Crippen LogP contribution in [0.15, 0.2) is 48.7 Å². The first-order valence-electron chi connectivity index (χ1n) is 7.77. The standard InChI is InChI=1S/C18H17FN4O/c19-18(8-4-10-23(12-18)13-20)17(24)22-16-11-15(7-9-21-16)14-5-2-1-3-6-14/h1-3,5-7,9,11H,4,8,10,12H2,(H,21,22,24). The molecule has 0 aliphatic carbocycles. The number of rotatable bonds is 3. The molecule has 0 bridgehead atoms. The van der Waals surface area contributed by atoms with Crippen LogP contribution in [0.4, 0.5) is 10.2 Å². The molecule has 3 rings (SSSR count). The fourth-order valence-corrected chi connectivity index (χ4v) is 2.82. The summed E-state index contributed by atoms with van der Waals surface area (Å²) in [6.45, 7) is 0.269. The molecule has 6 heteroatoms. The second kappa shape index (κ2) is 6.67. The van der Waals surface area contributed by atoms with E-state index in [1.54, 1.807) is 12.3 Å². The number of likely N-dealkylation sites (tertiary alicyclic amines) is 1. The van der Waals surface area contributed by atoms with Crippen molar-refractivity contribution < 1.29 is 9.18 Å². The summed E-state index contributed by atoms with van der Waals surface area (Å²) in [7, 11) is 0. The van der Waals surface area contributed by atoms with E-state index in [0.29, 0.717) is 18.8 Å². The van der Waals surface area contributed by atoms with Crippen LogP contribution in [0.5, 0.6) is 0 Å². The first kappa shape index (κ1) is 15.9. The molecular formula is C18H17FN4O. The molecule has 1 aromatic heterocycles. The zero-order valence-electron chi connectivity index (χ0n) is 13.1. The molecule has 1 aliphatic heterocycles. The first-order valence-corrected chi connectivity index (χ1v) is 7.77. The van der Waals surface area contributed by atoms with E-state index in [4.69, 9.17) is 5.26 Å². The van der Waals surface area contributed by atoms with Gasteiger partial charge in [-0.2, -0.15) is 5.26 Å². The zero-order valence-corrected chi connectivity index (χ0v) is 13.1. The summed E-state index contributed by atoms with van der Waals surface area (Å²) in [6, 6.07) is 13.2. The van der Waals surface area contributed by atoms with Gasteiger partial charge in [0.25, 0.3) is 5.91 Å². The van der Waals surface area contributed by atoms with Gasteiger partial charge in [-0.1, -0.05) is 30.3 Å². The van der Waals surface area contributed by atoms with Gasteiger partial charge in [-0.15, -0.1) is 0 Å². The molecule has 2 aromatic rings. The number of hydrogen-bond donors (Lipinski definition) is 1. The van der Waals surface area contributed by atoms with Gasteiger partial charge < -0.3 is 10.2 Å². The lowest BCUT2D eigenvalue weighted by Gasteiger charge is -2.33. The predicted molar refractivity (Wildman–Crippen MR) is 88.6 cm³/mol. The number of nitrogens with zero attached hydrogens (tertiary/aromatic N) is 3.